The minimum atomic E-state index is 0.525. The van der Waals surface area contributed by atoms with E-state index in [1.165, 1.54) is 23.1 Å². The summed E-state index contributed by atoms with van der Waals surface area (Å²) in [4.78, 5) is 0. The maximum Gasteiger partial charge on any atom is 0.119 e. The second-order valence-corrected chi connectivity index (χ2v) is 6.98. The van der Waals surface area contributed by atoms with E-state index in [-0.39, 0.29) is 0 Å². The lowest BCUT2D eigenvalue weighted by molar-refractivity contribution is 0.306. The number of hydrogen-bond donors (Lipinski definition) is 1. The van der Waals surface area contributed by atoms with E-state index >= 15 is 0 Å². The normalized spacial score (nSPS) is 17.9. The lowest BCUT2D eigenvalue weighted by Crippen LogP contribution is -2.17. The van der Waals surface area contributed by atoms with E-state index < -0.39 is 0 Å². The van der Waals surface area contributed by atoms with Crippen molar-refractivity contribution in [1.29, 1.82) is 5.26 Å². The summed E-state index contributed by atoms with van der Waals surface area (Å²) in [5.74, 6) is 1.48. The molecule has 4 rings (SSSR count). The van der Waals surface area contributed by atoms with Gasteiger partial charge in [0.1, 0.15) is 12.4 Å². The number of nitrogens with zero attached hydrogens (tertiary/aromatic N) is 1. The fraction of sp³-hybridized carbons (Fsp3) is 0.208. The zero-order valence-electron chi connectivity index (χ0n) is 15.1. The van der Waals surface area contributed by atoms with E-state index in [1.54, 1.807) is 0 Å². The minimum absolute atomic E-state index is 0.525. The number of nitriles is 1. The molecule has 27 heavy (non-hydrogen) atoms. The summed E-state index contributed by atoms with van der Waals surface area (Å²) in [6, 6.07) is 29.1. The van der Waals surface area contributed by atoms with E-state index in [0.29, 0.717) is 24.1 Å². The second kappa shape index (κ2) is 8.07. The van der Waals surface area contributed by atoms with Gasteiger partial charge < -0.3 is 10.1 Å². The van der Waals surface area contributed by atoms with Crippen LogP contribution >= 0.6 is 0 Å². The molecule has 0 aromatic heterocycles. The molecule has 1 saturated carbocycles. The summed E-state index contributed by atoms with van der Waals surface area (Å²) in [5.41, 5.74) is 4.46. The zero-order valence-corrected chi connectivity index (χ0v) is 15.1. The summed E-state index contributed by atoms with van der Waals surface area (Å²) < 4.78 is 5.86. The lowest BCUT2D eigenvalue weighted by Gasteiger charge is -2.08. The highest BCUT2D eigenvalue weighted by Crippen LogP contribution is 2.41. The van der Waals surface area contributed by atoms with Gasteiger partial charge in [0.2, 0.25) is 0 Å². The third kappa shape index (κ3) is 4.55. The predicted octanol–water partition coefficient (Wildman–Crippen LogP) is 4.78. The molecule has 1 fully saturated rings. The molecule has 2 atom stereocenters. The quantitative estimate of drug-likeness (QED) is 0.664. The Morgan fingerprint density at radius 1 is 0.889 bits per heavy atom. The summed E-state index contributed by atoms with van der Waals surface area (Å²) in [6.07, 6.45) is 1.17. The van der Waals surface area contributed by atoms with Gasteiger partial charge in [-0.2, -0.15) is 5.26 Å². The Labute approximate surface area is 160 Å². The number of benzene rings is 3. The molecule has 3 heteroatoms. The van der Waals surface area contributed by atoms with Crippen molar-refractivity contribution in [3.05, 3.63) is 101 Å². The topological polar surface area (TPSA) is 45.0 Å². The molecule has 3 aromatic rings. The summed E-state index contributed by atoms with van der Waals surface area (Å²) in [7, 11) is 0. The predicted molar refractivity (Wildman–Crippen MR) is 106 cm³/mol. The standard InChI is InChI=1S/C24H22N2O/c25-15-18-6-8-19(9-7-18)16-26-24-14-23(24)21-10-12-22(13-11-21)27-17-20-4-2-1-3-5-20/h1-13,23-24,26H,14,16-17H2/t23-,24+/m0/s1. The zero-order chi connectivity index (χ0) is 18.5. The van der Waals surface area contributed by atoms with Gasteiger partial charge in [0.25, 0.3) is 0 Å². The molecular weight excluding hydrogens is 332 g/mol. The van der Waals surface area contributed by atoms with E-state index in [1.807, 2.05) is 42.5 Å². The van der Waals surface area contributed by atoms with Crippen molar-refractivity contribution in [3.63, 3.8) is 0 Å². The lowest BCUT2D eigenvalue weighted by atomic mass is 10.1. The van der Waals surface area contributed by atoms with Crippen molar-refractivity contribution >= 4 is 0 Å². The Kier molecular flexibility index (Phi) is 5.18. The van der Waals surface area contributed by atoms with Gasteiger partial charge in [-0.15, -0.1) is 0 Å². The summed E-state index contributed by atoms with van der Waals surface area (Å²) in [5, 5.41) is 12.5. The average molecular weight is 354 g/mol. The van der Waals surface area contributed by atoms with Crippen LogP contribution in [0.3, 0.4) is 0 Å². The van der Waals surface area contributed by atoms with Crippen LogP contribution in [-0.2, 0) is 13.2 Å². The molecular formula is C24H22N2O. The highest BCUT2D eigenvalue weighted by Gasteiger charge is 2.37. The second-order valence-electron chi connectivity index (χ2n) is 6.98. The number of rotatable bonds is 7. The van der Waals surface area contributed by atoms with Crippen LogP contribution in [0.4, 0.5) is 0 Å². The van der Waals surface area contributed by atoms with Crippen molar-refractivity contribution in [2.24, 2.45) is 0 Å². The fourth-order valence-corrected chi connectivity index (χ4v) is 3.29. The molecule has 0 saturated heterocycles. The first kappa shape index (κ1) is 17.3. The Hall–Kier alpha value is -3.09. The monoisotopic (exact) mass is 354 g/mol. The van der Waals surface area contributed by atoms with Crippen LogP contribution in [0.5, 0.6) is 5.75 Å². The van der Waals surface area contributed by atoms with Crippen LogP contribution in [0, 0.1) is 11.3 Å². The van der Waals surface area contributed by atoms with Gasteiger partial charge in [0.15, 0.2) is 0 Å². The third-order valence-electron chi connectivity index (χ3n) is 5.00. The molecule has 3 nitrogen and oxygen atoms in total. The van der Waals surface area contributed by atoms with Gasteiger partial charge in [-0.05, 0) is 47.4 Å². The first-order chi connectivity index (χ1) is 13.3. The molecule has 3 aromatic carbocycles. The third-order valence-corrected chi connectivity index (χ3v) is 5.00. The molecule has 0 aliphatic heterocycles. The fourth-order valence-electron chi connectivity index (χ4n) is 3.29. The number of ether oxygens (including phenoxy) is 1. The first-order valence-corrected chi connectivity index (χ1v) is 9.31. The van der Waals surface area contributed by atoms with Crippen LogP contribution in [-0.4, -0.2) is 6.04 Å². The van der Waals surface area contributed by atoms with Crippen LogP contribution < -0.4 is 10.1 Å². The van der Waals surface area contributed by atoms with Crippen LogP contribution in [0.2, 0.25) is 0 Å². The highest BCUT2D eigenvalue weighted by molar-refractivity contribution is 5.35. The summed E-state index contributed by atoms with van der Waals surface area (Å²) in [6.45, 7) is 1.43. The smallest absolute Gasteiger partial charge is 0.119 e. The average Bonchev–Trinajstić information content (AvgIpc) is 3.52. The number of nitrogens with one attached hydrogen (secondary N) is 1. The highest BCUT2D eigenvalue weighted by atomic mass is 16.5. The molecule has 0 unspecified atom stereocenters. The van der Waals surface area contributed by atoms with Crippen molar-refractivity contribution in [1.82, 2.24) is 5.32 Å². The maximum atomic E-state index is 8.85. The molecule has 1 aliphatic carbocycles. The number of hydrogen-bond acceptors (Lipinski definition) is 3. The summed E-state index contributed by atoms with van der Waals surface area (Å²) >= 11 is 0. The maximum absolute atomic E-state index is 8.85. The van der Waals surface area contributed by atoms with Crippen LogP contribution in [0.25, 0.3) is 0 Å². The van der Waals surface area contributed by atoms with Gasteiger partial charge in [-0.3, -0.25) is 0 Å². The van der Waals surface area contributed by atoms with Gasteiger partial charge in [0, 0.05) is 18.5 Å². The van der Waals surface area contributed by atoms with Gasteiger partial charge in [-0.1, -0.05) is 54.6 Å². The molecule has 0 spiro atoms. The van der Waals surface area contributed by atoms with Crippen molar-refractivity contribution < 1.29 is 4.74 Å². The Balaban J connectivity index is 1.25. The van der Waals surface area contributed by atoms with Crippen LogP contribution in [0.15, 0.2) is 78.9 Å². The van der Waals surface area contributed by atoms with Gasteiger partial charge in [-0.25, -0.2) is 0 Å². The Morgan fingerprint density at radius 3 is 2.33 bits per heavy atom. The molecule has 1 N–H and O–H groups in total. The Bertz CT molecular complexity index is 911. The molecule has 0 heterocycles. The van der Waals surface area contributed by atoms with E-state index in [2.05, 4.69) is 47.8 Å². The molecule has 0 bridgehead atoms. The first-order valence-electron chi connectivity index (χ1n) is 9.31. The van der Waals surface area contributed by atoms with Crippen LogP contribution in [0.1, 0.15) is 34.6 Å². The van der Waals surface area contributed by atoms with Crippen molar-refractivity contribution in [3.8, 4) is 11.8 Å². The van der Waals surface area contributed by atoms with Gasteiger partial charge >= 0.3 is 0 Å². The van der Waals surface area contributed by atoms with E-state index in [4.69, 9.17) is 10.00 Å². The Morgan fingerprint density at radius 2 is 1.63 bits per heavy atom. The van der Waals surface area contributed by atoms with Gasteiger partial charge in [0.05, 0.1) is 11.6 Å². The molecule has 0 amide bonds. The molecule has 1 aliphatic rings. The van der Waals surface area contributed by atoms with Crippen molar-refractivity contribution in [2.45, 2.75) is 31.5 Å². The molecule has 134 valence electrons. The van der Waals surface area contributed by atoms with E-state index in [0.717, 1.165) is 12.3 Å². The largest absolute Gasteiger partial charge is 0.489 e. The minimum Gasteiger partial charge on any atom is -0.489 e. The van der Waals surface area contributed by atoms with E-state index in [9.17, 15) is 0 Å². The molecule has 0 radical (unpaired) electrons. The SMILES string of the molecule is N#Cc1ccc(CN[C@@H]2C[C@H]2c2ccc(OCc3ccccc3)cc2)cc1. The van der Waals surface area contributed by atoms with Crippen molar-refractivity contribution in [2.75, 3.05) is 0 Å².